The van der Waals surface area contributed by atoms with Crippen LogP contribution in [0.25, 0.3) is 33.8 Å². The van der Waals surface area contributed by atoms with E-state index in [0.717, 1.165) is 23.2 Å². The average Bonchev–Trinajstić information content (AvgIpc) is 3.25. The van der Waals surface area contributed by atoms with Crippen molar-refractivity contribution < 1.29 is 4.57 Å². The molecule has 5 rings (SSSR count). The van der Waals surface area contributed by atoms with E-state index in [0.29, 0.717) is 0 Å². The number of rotatable bonds is 3. The molecule has 0 amide bonds. The van der Waals surface area contributed by atoms with Gasteiger partial charge in [0.05, 0.1) is 12.6 Å². The van der Waals surface area contributed by atoms with Gasteiger partial charge in [-0.2, -0.15) is 4.57 Å². The fraction of sp³-hybridized carbons (Fsp3) is 0.222. The van der Waals surface area contributed by atoms with Crippen molar-refractivity contribution in [2.75, 3.05) is 0 Å². The maximum atomic E-state index is 4.26. The number of nitrogens with zero attached hydrogens (tertiary/aromatic N) is 5. The van der Waals surface area contributed by atoms with Gasteiger partial charge in [-0.25, -0.2) is 4.57 Å². The minimum atomic E-state index is 0.886. The Balaban J connectivity index is 1.89. The minimum absolute atomic E-state index is 0.886. The highest BCUT2D eigenvalue weighted by molar-refractivity contribution is 5.81. The molecule has 0 unspecified atom stereocenters. The molecule has 0 fully saturated rings. The second kappa shape index (κ2) is 7.45. The highest BCUT2D eigenvalue weighted by atomic mass is 15.3. The van der Waals surface area contributed by atoms with Crippen molar-refractivity contribution in [1.82, 2.24) is 19.3 Å². The molecule has 3 aromatic carbocycles. The molecular formula is C27H28N5+. The van der Waals surface area contributed by atoms with E-state index in [9.17, 15) is 0 Å². The maximum absolute atomic E-state index is 4.26. The van der Waals surface area contributed by atoms with Crippen LogP contribution < -0.4 is 4.57 Å². The second-order valence-electron chi connectivity index (χ2n) is 8.58. The third kappa shape index (κ3) is 2.96. The molecule has 5 aromatic rings. The molecule has 5 heteroatoms. The van der Waals surface area contributed by atoms with Crippen LogP contribution in [0.5, 0.6) is 0 Å². The molecule has 0 radical (unpaired) electrons. The molecule has 32 heavy (non-hydrogen) atoms. The Morgan fingerprint density at radius 1 is 0.688 bits per heavy atom. The molecule has 0 atom stereocenters. The van der Waals surface area contributed by atoms with Gasteiger partial charge in [0.2, 0.25) is 0 Å². The van der Waals surface area contributed by atoms with Gasteiger partial charge in [0.1, 0.15) is 17.3 Å². The van der Waals surface area contributed by atoms with Crippen LogP contribution in [0, 0.1) is 34.6 Å². The Morgan fingerprint density at radius 3 is 2.03 bits per heavy atom. The number of imidazole rings is 1. The summed E-state index contributed by atoms with van der Waals surface area (Å²) >= 11 is 0. The summed E-state index contributed by atoms with van der Waals surface area (Å²) < 4.78 is 6.83. The molecule has 2 heterocycles. The fourth-order valence-corrected chi connectivity index (χ4v) is 4.83. The first-order valence-electron chi connectivity index (χ1n) is 10.9. The first kappa shape index (κ1) is 20.2. The zero-order valence-electron chi connectivity index (χ0n) is 19.5. The van der Waals surface area contributed by atoms with Crippen molar-refractivity contribution in [3.05, 3.63) is 89.0 Å². The Labute approximate surface area is 188 Å². The van der Waals surface area contributed by atoms with E-state index in [4.69, 9.17) is 0 Å². The zero-order chi connectivity index (χ0) is 22.6. The fourth-order valence-electron chi connectivity index (χ4n) is 4.83. The predicted molar refractivity (Wildman–Crippen MR) is 128 cm³/mol. The Kier molecular flexibility index (Phi) is 4.70. The van der Waals surface area contributed by atoms with Gasteiger partial charge in [-0.3, -0.25) is 4.57 Å². The van der Waals surface area contributed by atoms with Gasteiger partial charge in [0.25, 0.3) is 5.82 Å². The van der Waals surface area contributed by atoms with E-state index < -0.39 is 0 Å². The summed E-state index contributed by atoms with van der Waals surface area (Å²) in [5, 5.41) is 8.52. The zero-order valence-corrected chi connectivity index (χ0v) is 19.5. The number of aromatic nitrogens is 5. The monoisotopic (exact) mass is 422 g/mol. The second-order valence-corrected chi connectivity index (χ2v) is 8.58. The van der Waals surface area contributed by atoms with E-state index in [1.54, 1.807) is 0 Å². The van der Waals surface area contributed by atoms with E-state index in [-0.39, 0.29) is 0 Å². The number of aryl methyl sites for hydroxylation is 6. The van der Waals surface area contributed by atoms with E-state index >= 15 is 0 Å². The number of benzene rings is 3. The smallest absolute Gasteiger partial charge is 0.283 e. The van der Waals surface area contributed by atoms with Crippen LogP contribution in [0.1, 0.15) is 28.3 Å². The summed E-state index contributed by atoms with van der Waals surface area (Å²) in [6, 6.07) is 21.7. The van der Waals surface area contributed by atoms with Crippen LogP contribution in [-0.2, 0) is 7.05 Å². The lowest BCUT2D eigenvalue weighted by Crippen LogP contribution is -2.30. The number of hydrogen-bond acceptors (Lipinski definition) is 2. The van der Waals surface area contributed by atoms with Gasteiger partial charge in [0, 0.05) is 5.69 Å². The van der Waals surface area contributed by atoms with Gasteiger partial charge in [-0.05, 0) is 75.6 Å². The number of fused-ring (bicyclic) bond motifs is 1. The first-order chi connectivity index (χ1) is 15.4. The molecule has 0 saturated carbocycles. The Hall–Kier alpha value is -3.73. The molecule has 0 spiro atoms. The van der Waals surface area contributed by atoms with E-state index in [1.807, 2.05) is 13.8 Å². The minimum Gasteiger partial charge on any atom is -0.283 e. The number of para-hydroxylation sites is 3. The average molecular weight is 423 g/mol. The topological polar surface area (TPSA) is 39.5 Å². The summed E-state index contributed by atoms with van der Waals surface area (Å²) in [6.45, 7) is 10.5. The molecule has 2 aromatic heterocycles. The van der Waals surface area contributed by atoms with Crippen LogP contribution >= 0.6 is 0 Å². The van der Waals surface area contributed by atoms with Gasteiger partial charge in [-0.1, -0.05) is 36.4 Å². The van der Waals surface area contributed by atoms with Gasteiger partial charge >= 0.3 is 0 Å². The molecule has 0 bridgehead atoms. The van der Waals surface area contributed by atoms with Crippen LogP contribution in [-0.4, -0.2) is 19.3 Å². The Morgan fingerprint density at radius 2 is 1.34 bits per heavy atom. The lowest BCUT2D eigenvalue weighted by Gasteiger charge is -2.13. The molecule has 5 nitrogen and oxygen atoms in total. The van der Waals surface area contributed by atoms with Crippen molar-refractivity contribution in [2.24, 2.45) is 7.05 Å². The van der Waals surface area contributed by atoms with Gasteiger partial charge in [0.15, 0.2) is 11.0 Å². The van der Waals surface area contributed by atoms with Crippen molar-refractivity contribution >= 4 is 11.0 Å². The SMILES string of the molecule is Cc1ccc(-n2c(C)nnc2C)cc1-c1n(-c2c(C)cccc2C)c2ccccc2[n+]1C. The summed E-state index contributed by atoms with van der Waals surface area (Å²) in [5.41, 5.74) is 9.64. The largest absolute Gasteiger partial charge is 0.295 e. The third-order valence-corrected chi connectivity index (χ3v) is 6.38. The summed E-state index contributed by atoms with van der Waals surface area (Å²) in [4.78, 5) is 0. The molecule has 0 aliphatic carbocycles. The molecule has 0 saturated heterocycles. The van der Waals surface area contributed by atoms with Crippen molar-refractivity contribution in [1.29, 1.82) is 0 Å². The third-order valence-electron chi connectivity index (χ3n) is 6.38. The number of hydrogen-bond donors (Lipinski definition) is 0. The van der Waals surface area contributed by atoms with Crippen molar-refractivity contribution in [3.8, 4) is 22.8 Å². The first-order valence-corrected chi connectivity index (χ1v) is 10.9. The van der Waals surface area contributed by atoms with Crippen LogP contribution in [0.2, 0.25) is 0 Å². The van der Waals surface area contributed by atoms with Crippen molar-refractivity contribution in [3.63, 3.8) is 0 Å². The predicted octanol–water partition coefficient (Wildman–Crippen LogP) is 5.24. The van der Waals surface area contributed by atoms with E-state index in [1.165, 1.54) is 39.0 Å². The van der Waals surface area contributed by atoms with Crippen molar-refractivity contribution in [2.45, 2.75) is 34.6 Å². The molecule has 0 N–H and O–H groups in total. The standard InChI is InChI=1S/C27H28N5/c1-17-14-15-22(31-20(4)28-29-21(31)5)16-23(17)27-30(6)24-12-7-8-13-25(24)32(27)26-18(2)10-9-11-19(26)3/h7-16H,1-6H3/q+1. The lowest BCUT2D eigenvalue weighted by molar-refractivity contribution is -0.633. The highest BCUT2D eigenvalue weighted by Gasteiger charge is 2.29. The van der Waals surface area contributed by atoms with Gasteiger partial charge in [-0.15, -0.1) is 10.2 Å². The molecular weight excluding hydrogens is 394 g/mol. The van der Waals surface area contributed by atoms with Crippen LogP contribution in [0.3, 0.4) is 0 Å². The molecule has 160 valence electrons. The quantitative estimate of drug-likeness (QED) is 0.373. The summed E-state index contributed by atoms with van der Waals surface area (Å²) in [6.07, 6.45) is 0. The van der Waals surface area contributed by atoms with E-state index in [2.05, 4.69) is 112 Å². The van der Waals surface area contributed by atoms with Crippen LogP contribution in [0.4, 0.5) is 0 Å². The van der Waals surface area contributed by atoms with Gasteiger partial charge < -0.3 is 0 Å². The summed E-state index contributed by atoms with van der Waals surface area (Å²) in [7, 11) is 2.16. The normalized spacial score (nSPS) is 11.4. The van der Waals surface area contributed by atoms with Crippen LogP contribution in [0.15, 0.2) is 60.7 Å². The summed E-state index contributed by atoms with van der Waals surface area (Å²) in [5.74, 6) is 2.93. The Bertz CT molecular complexity index is 1450. The lowest BCUT2D eigenvalue weighted by atomic mass is 10.0. The molecule has 0 aliphatic heterocycles. The molecule has 0 aliphatic rings. The maximum Gasteiger partial charge on any atom is 0.295 e. The highest BCUT2D eigenvalue weighted by Crippen LogP contribution is 2.33.